The molecule has 2 aromatic rings. The van der Waals surface area contributed by atoms with Gasteiger partial charge in [0.25, 0.3) is 0 Å². The molecule has 1 N–H and O–H groups in total. The van der Waals surface area contributed by atoms with Crippen molar-refractivity contribution in [3.63, 3.8) is 0 Å². The number of nitrogens with zero attached hydrogens (tertiary/aromatic N) is 1. The van der Waals surface area contributed by atoms with Crippen molar-refractivity contribution in [2.24, 2.45) is 0 Å². The predicted octanol–water partition coefficient (Wildman–Crippen LogP) is 3.54. The Morgan fingerprint density at radius 3 is 2.63 bits per heavy atom. The zero-order valence-electron chi connectivity index (χ0n) is 10.8. The molecule has 0 radical (unpaired) electrons. The zero-order chi connectivity index (χ0) is 13.8. The van der Waals surface area contributed by atoms with E-state index in [2.05, 4.69) is 9.97 Å². The molecule has 0 fully saturated rings. The normalized spacial score (nSPS) is 10.7. The van der Waals surface area contributed by atoms with Crippen LogP contribution >= 0.6 is 11.6 Å². The number of benzene rings is 1. The minimum Gasteiger partial charge on any atom is -0.456 e. The van der Waals surface area contributed by atoms with Crippen molar-refractivity contribution >= 4 is 17.6 Å². The molecule has 2 rings (SSSR count). The van der Waals surface area contributed by atoms with Gasteiger partial charge in [0.1, 0.15) is 17.6 Å². The van der Waals surface area contributed by atoms with Crippen molar-refractivity contribution in [3.8, 4) is 0 Å². The number of aromatic amines is 1. The average Bonchev–Trinajstić information content (AvgIpc) is 2.80. The van der Waals surface area contributed by atoms with Crippen LogP contribution in [0.25, 0.3) is 0 Å². The predicted molar refractivity (Wildman–Crippen MR) is 73.2 cm³/mol. The Morgan fingerprint density at radius 2 is 2.05 bits per heavy atom. The van der Waals surface area contributed by atoms with Gasteiger partial charge in [-0.3, -0.25) is 0 Å². The molecule has 1 aromatic heterocycles. The third-order valence-corrected chi connectivity index (χ3v) is 2.90. The fourth-order valence-electron chi connectivity index (χ4n) is 1.57. The lowest BCUT2D eigenvalue weighted by molar-refractivity contribution is 0.0466. The maximum Gasteiger partial charge on any atom is 0.360 e. The fraction of sp³-hybridized carbons (Fsp3) is 0.286. The number of nitrogens with one attached hydrogen (secondary N) is 1. The Kier molecular flexibility index (Phi) is 4.22. The number of H-pyrrole nitrogens is 1. The number of aromatic nitrogens is 2. The number of carbonyl (C=O) groups is 1. The van der Waals surface area contributed by atoms with E-state index in [9.17, 15) is 4.79 Å². The quantitative estimate of drug-likeness (QED) is 0.870. The molecule has 0 spiro atoms. The third kappa shape index (κ3) is 3.35. The van der Waals surface area contributed by atoms with Crippen LogP contribution in [-0.2, 0) is 11.3 Å². The van der Waals surface area contributed by atoms with Crippen LogP contribution in [0.1, 0.15) is 41.6 Å². The van der Waals surface area contributed by atoms with Crippen LogP contribution in [0.5, 0.6) is 0 Å². The fourth-order valence-corrected chi connectivity index (χ4v) is 1.79. The van der Waals surface area contributed by atoms with Gasteiger partial charge in [0.05, 0.1) is 0 Å². The van der Waals surface area contributed by atoms with E-state index in [1.165, 1.54) is 0 Å². The molecule has 0 atom stereocenters. The molecule has 4 nitrogen and oxygen atoms in total. The molecule has 1 heterocycles. The lowest BCUT2D eigenvalue weighted by Gasteiger charge is -2.03. The van der Waals surface area contributed by atoms with E-state index in [4.69, 9.17) is 16.3 Å². The monoisotopic (exact) mass is 278 g/mol. The number of rotatable bonds is 4. The molecule has 5 heteroatoms. The topological polar surface area (TPSA) is 55.0 Å². The van der Waals surface area contributed by atoms with Crippen molar-refractivity contribution in [1.29, 1.82) is 0 Å². The van der Waals surface area contributed by atoms with Crippen LogP contribution in [0, 0.1) is 0 Å². The molecule has 0 aliphatic heterocycles. The number of hydrogen-bond donors (Lipinski definition) is 1. The summed E-state index contributed by atoms with van der Waals surface area (Å²) in [6.07, 6.45) is 0. The van der Waals surface area contributed by atoms with Gasteiger partial charge in [-0.2, -0.15) is 0 Å². The van der Waals surface area contributed by atoms with Crippen LogP contribution < -0.4 is 0 Å². The molecule has 0 amide bonds. The molecular weight excluding hydrogens is 264 g/mol. The second-order valence-electron chi connectivity index (χ2n) is 4.50. The average molecular weight is 279 g/mol. The van der Waals surface area contributed by atoms with Gasteiger partial charge in [-0.1, -0.05) is 55.8 Å². The molecule has 0 aliphatic rings. The van der Waals surface area contributed by atoms with Crippen molar-refractivity contribution < 1.29 is 9.53 Å². The second-order valence-corrected chi connectivity index (χ2v) is 4.88. The minimum atomic E-state index is -0.517. The first-order valence-electron chi connectivity index (χ1n) is 6.04. The molecule has 0 unspecified atom stereocenters. The van der Waals surface area contributed by atoms with Crippen molar-refractivity contribution in [1.82, 2.24) is 9.97 Å². The first-order chi connectivity index (χ1) is 9.08. The number of imidazole rings is 1. The van der Waals surface area contributed by atoms with E-state index in [0.717, 1.165) is 5.56 Å². The summed E-state index contributed by atoms with van der Waals surface area (Å²) in [7, 11) is 0. The van der Waals surface area contributed by atoms with E-state index in [1.54, 1.807) is 0 Å². The highest BCUT2D eigenvalue weighted by molar-refractivity contribution is 6.32. The van der Waals surface area contributed by atoms with Gasteiger partial charge in [-0.05, 0) is 5.56 Å². The maximum atomic E-state index is 11.9. The second kappa shape index (κ2) is 5.89. The lowest BCUT2D eigenvalue weighted by atomic mass is 10.2. The number of ether oxygens (including phenoxy) is 1. The first kappa shape index (κ1) is 13.6. The number of carbonyl (C=O) groups excluding carboxylic acids is 1. The van der Waals surface area contributed by atoms with Gasteiger partial charge in [0, 0.05) is 5.92 Å². The van der Waals surface area contributed by atoms with Crippen LogP contribution in [0.2, 0.25) is 5.15 Å². The molecule has 0 bridgehead atoms. The summed E-state index contributed by atoms with van der Waals surface area (Å²) < 4.78 is 5.18. The summed E-state index contributed by atoms with van der Waals surface area (Å²) in [5.41, 5.74) is 1.06. The maximum absolute atomic E-state index is 11.9. The summed E-state index contributed by atoms with van der Waals surface area (Å²) in [4.78, 5) is 18.9. The summed E-state index contributed by atoms with van der Waals surface area (Å²) in [5, 5.41) is 0.224. The number of hydrogen-bond acceptors (Lipinski definition) is 3. The van der Waals surface area contributed by atoms with Gasteiger partial charge < -0.3 is 9.72 Å². The standard InChI is InChI=1S/C14H15ClN2O2/c1-9(2)13-16-11(12(15)17-13)14(18)19-8-10-6-4-3-5-7-10/h3-7,9H,8H2,1-2H3,(H,16,17). The van der Waals surface area contributed by atoms with Crippen LogP contribution in [-0.4, -0.2) is 15.9 Å². The number of halogens is 1. The SMILES string of the molecule is CC(C)c1nc(C(=O)OCc2ccccc2)c(Cl)[nH]1. The highest BCUT2D eigenvalue weighted by Crippen LogP contribution is 2.19. The van der Waals surface area contributed by atoms with Crippen LogP contribution in [0.4, 0.5) is 0 Å². The molecule has 100 valence electrons. The highest BCUT2D eigenvalue weighted by atomic mass is 35.5. The van der Waals surface area contributed by atoms with E-state index in [-0.39, 0.29) is 23.4 Å². The molecule has 0 aliphatic carbocycles. The summed E-state index contributed by atoms with van der Waals surface area (Å²) in [6, 6.07) is 9.46. The Hall–Kier alpha value is -1.81. The van der Waals surface area contributed by atoms with Gasteiger partial charge in [0.2, 0.25) is 0 Å². The van der Waals surface area contributed by atoms with Gasteiger partial charge >= 0.3 is 5.97 Å². The molecule has 0 saturated heterocycles. The molecular formula is C14H15ClN2O2. The summed E-state index contributed by atoms with van der Waals surface area (Å²) in [6.45, 7) is 4.14. The zero-order valence-corrected chi connectivity index (χ0v) is 11.6. The van der Waals surface area contributed by atoms with Crippen molar-refractivity contribution in [3.05, 3.63) is 52.6 Å². The van der Waals surface area contributed by atoms with E-state index < -0.39 is 5.97 Å². The Labute approximate surface area is 116 Å². The Balaban J connectivity index is 2.04. The van der Waals surface area contributed by atoms with Crippen LogP contribution in [0.3, 0.4) is 0 Å². The highest BCUT2D eigenvalue weighted by Gasteiger charge is 2.19. The molecule has 1 aromatic carbocycles. The van der Waals surface area contributed by atoms with Crippen molar-refractivity contribution in [2.75, 3.05) is 0 Å². The first-order valence-corrected chi connectivity index (χ1v) is 6.42. The summed E-state index contributed by atoms with van der Waals surface area (Å²) >= 11 is 5.95. The smallest absolute Gasteiger partial charge is 0.360 e. The Morgan fingerprint density at radius 1 is 1.37 bits per heavy atom. The minimum absolute atomic E-state index is 0.140. The van der Waals surface area contributed by atoms with Crippen molar-refractivity contribution in [2.45, 2.75) is 26.4 Å². The lowest BCUT2D eigenvalue weighted by Crippen LogP contribution is -2.06. The van der Waals surface area contributed by atoms with Crippen LogP contribution in [0.15, 0.2) is 30.3 Å². The van der Waals surface area contributed by atoms with E-state index >= 15 is 0 Å². The van der Waals surface area contributed by atoms with Gasteiger partial charge in [-0.25, -0.2) is 9.78 Å². The van der Waals surface area contributed by atoms with Gasteiger partial charge in [0.15, 0.2) is 5.69 Å². The largest absolute Gasteiger partial charge is 0.456 e. The molecule has 0 saturated carbocycles. The third-order valence-electron chi connectivity index (χ3n) is 2.63. The number of esters is 1. The Bertz CT molecular complexity index is 564. The van der Waals surface area contributed by atoms with E-state index in [0.29, 0.717) is 5.82 Å². The summed E-state index contributed by atoms with van der Waals surface area (Å²) in [5.74, 6) is 0.335. The van der Waals surface area contributed by atoms with Gasteiger partial charge in [-0.15, -0.1) is 0 Å². The molecule has 19 heavy (non-hydrogen) atoms. The van der Waals surface area contributed by atoms with E-state index in [1.807, 2.05) is 44.2 Å².